The van der Waals surface area contributed by atoms with Crippen molar-refractivity contribution in [3.05, 3.63) is 89.7 Å². The summed E-state index contributed by atoms with van der Waals surface area (Å²) in [5.41, 5.74) is 1.79. The van der Waals surface area contributed by atoms with Crippen LogP contribution < -0.4 is 22.6 Å². The molecule has 0 heterocycles. The number of ether oxygens (including phenoxy) is 3. The van der Waals surface area contributed by atoms with Crippen molar-refractivity contribution in [2.24, 2.45) is 0 Å². The van der Waals surface area contributed by atoms with E-state index in [0.29, 0.717) is 5.56 Å². The molecule has 13 heteroatoms. The van der Waals surface area contributed by atoms with Crippen molar-refractivity contribution in [3.63, 3.8) is 0 Å². The molecule has 4 rings (SSSR count). The van der Waals surface area contributed by atoms with Crippen LogP contribution in [0.2, 0.25) is 0 Å². The summed E-state index contributed by atoms with van der Waals surface area (Å²) in [6.07, 6.45) is 0.587. The SMILES string of the molecule is COc1cc(-c2ccc(F)c(C(C)O)c2)c(OC)c(OS(C)(=O)=O)c1-c1ccc(OCc2ccccc2)c(OS(C)(=O)=O)c1. The second-order valence-corrected chi connectivity index (χ2v) is 12.9. The largest absolute Gasteiger partial charge is 0.496 e. The Kier molecular flexibility index (Phi) is 9.72. The monoisotopic (exact) mass is 646 g/mol. The minimum atomic E-state index is -4.17. The van der Waals surface area contributed by atoms with Gasteiger partial charge in [-0.05, 0) is 53.9 Å². The Labute approximate surface area is 255 Å². The third kappa shape index (κ3) is 7.78. The molecule has 0 saturated heterocycles. The predicted molar refractivity (Wildman–Crippen MR) is 163 cm³/mol. The topological polar surface area (TPSA) is 135 Å². The zero-order chi connectivity index (χ0) is 32.2. The first kappa shape index (κ1) is 32.6. The molecule has 0 radical (unpaired) electrons. The van der Waals surface area contributed by atoms with Crippen molar-refractivity contribution in [3.8, 4) is 51.0 Å². The number of methoxy groups -OCH3 is 2. The maximum atomic E-state index is 14.4. The van der Waals surface area contributed by atoms with Gasteiger partial charge in [0.2, 0.25) is 0 Å². The van der Waals surface area contributed by atoms with E-state index in [4.69, 9.17) is 22.6 Å². The second-order valence-electron chi connectivity index (χ2n) is 9.79. The number of aliphatic hydroxyl groups excluding tert-OH is 1. The Morgan fingerprint density at radius 3 is 2.00 bits per heavy atom. The third-order valence-corrected chi connectivity index (χ3v) is 7.28. The van der Waals surface area contributed by atoms with Crippen LogP contribution in [0.5, 0.6) is 28.7 Å². The van der Waals surface area contributed by atoms with E-state index < -0.39 is 32.2 Å². The average Bonchev–Trinajstić information content (AvgIpc) is 2.95. The maximum Gasteiger partial charge on any atom is 0.306 e. The second kappa shape index (κ2) is 13.1. The van der Waals surface area contributed by atoms with E-state index in [2.05, 4.69) is 0 Å². The van der Waals surface area contributed by atoms with Gasteiger partial charge in [0.25, 0.3) is 0 Å². The Morgan fingerprint density at radius 1 is 0.750 bits per heavy atom. The van der Waals surface area contributed by atoms with E-state index in [1.165, 1.54) is 51.5 Å². The molecule has 1 N–H and O–H groups in total. The fourth-order valence-corrected chi connectivity index (χ4v) is 5.39. The summed E-state index contributed by atoms with van der Waals surface area (Å²) < 4.78 is 91.6. The van der Waals surface area contributed by atoms with Gasteiger partial charge < -0.3 is 27.7 Å². The molecule has 10 nitrogen and oxygen atoms in total. The van der Waals surface area contributed by atoms with Gasteiger partial charge in [-0.3, -0.25) is 0 Å². The van der Waals surface area contributed by atoms with Gasteiger partial charge in [0.15, 0.2) is 23.0 Å². The van der Waals surface area contributed by atoms with E-state index in [9.17, 15) is 26.3 Å². The molecule has 0 aliphatic heterocycles. The highest BCUT2D eigenvalue weighted by Gasteiger charge is 2.28. The number of aliphatic hydroxyl groups is 1. The molecule has 0 aliphatic rings. The van der Waals surface area contributed by atoms with Crippen LogP contribution in [0.4, 0.5) is 4.39 Å². The zero-order valence-corrected chi connectivity index (χ0v) is 26.2. The molecule has 0 aliphatic carbocycles. The van der Waals surface area contributed by atoms with Gasteiger partial charge in [0, 0.05) is 11.1 Å². The minimum absolute atomic E-state index is 0.00633. The Hall–Kier alpha value is -4.33. The molecule has 44 heavy (non-hydrogen) atoms. The lowest BCUT2D eigenvalue weighted by Gasteiger charge is -2.21. The van der Waals surface area contributed by atoms with Gasteiger partial charge >= 0.3 is 20.2 Å². The van der Waals surface area contributed by atoms with Crippen molar-refractivity contribution < 1.29 is 48.9 Å². The Balaban J connectivity index is 1.96. The summed E-state index contributed by atoms with van der Waals surface area (Å²) in [6.45, 7) is 1.52. The lowest BCUT2D eigenvalue weighted by atomic mass is 9.94. The van der Waals surface area contributed by atoms with Gasteiger partial charge in [-0.15, -0.1) is 0 Å². The van der Waals surface area contributed by atoms with E-state index in [1.54, 1.807) is 6.07 Å². The molecular weight excluding hydrogens is 615 g/mol. The van der Waals surface area contributed by atoms with Crippen LogP contribution in [0.25, 0.3) is 22.3 Å². The molecule has 4 aromatic carbocycles. The molecular formula is C31H31FO10S2. The van der Waals surface area contributed by atoms with E-state index in [-0.39, 0.29) is 57.6 Å². The molecule has 0 fully saturated rings. The highest BCUT2D eigenvalue weighted by molar-refractivity contribution is 7.86. The third-order valence-electron chi connectivity index (χ3n) is 6.33. The summed E-state index contributed by atoms with van der Waals surface area (Å²) >= 11 is 0. The Morgan fingerprint density at radius 2 is 1.41 bits per heavy atom. The van der Waals surface area contributed by atoms with Gasteiger partial charge in [0.05, 0.1) is 38.4 Å². The van der Waals surface area contributed by atoms with Crippen LogP contribution in [-0.2, 0) is 26.8 Å². The zero-order valence-electron chi connectivity index (χ0n) is 24.5. The molecule has 0 bridgehead atoms. The van der Waals surface area contributed by atoms with Gasteiger partial charge in [0.1, 0.15) is 18.2 Å². The van der Waals surface area contributed by atoms with E-state index in [0.717, 1.165) is 24.1 Å². The van der Waals surface area contributed by atoms with Crippen molar-refractivity contribution in [1.29, 1.82) is 0 Å². The predicted octanol–water partition coefficient (Wildman–Crippen LogP) is 5.49. The van der Waals surface area contributed by atoms with Crippen molar-refractivity contribution in [2.45, 2.75) is 19.6 Å². The summed E-state index contributed by atoms with van der Waals surface area (Å²) in [6, 6.07) is 19.1. The van der Waals surface area contributed by atoms with Crippen LogP contribution >= 0.6 is 0 Å². The van der Waals surface area contributed by atoms with E-state index >= 15 is 0 Å². The van der Waals surface area contributed by atoms with Crippen LogP contribution in [0.15, 0.2) is 72.8 Å². The highest BCUT2D eigenvalue weighted by atomic mass is 32.2. The quantitative estimate of drug-likeness (QED) is 0.197. The summed E-state index contributed by atoms with van der Waals surface area (Å²) in [4.78, 5) is 0. The molecule has 0 amide bonds. The van der Waals surface area contributed by atoms with E-state index in [1.807, 2.05) is 30.3 Å². The smallest absolute Gasteiger partial charge is 0.306 e. The molecule has 4 aromatic rings. The van der Waals surface area contributed by atoms with Crippen molar-refractivity contribution >= 4 is 20.2 Å². The lowest BCUT2D eigenvalue weighted by molar-refractivity contribution is 0.194. The first-order valence-electron chi connectivity index (χ1n) is 13.1. The lowest BCUT2D eigenvalue weighted by Crippen LogP contribution is -2.10. The average molecular weight is 647 g/mol. The number of halogens is 1. The molecule has 1 unspecified atom stereocenters. The summed E-state index contributed by atoms with van der Waals surface area (Å²) in [5.74, 6) is -0.929. The fourth-order valence-electron chi connectivity index (χ4n) is 4.48. The number of rotatable bonds is 12. The van der Waals surface area contributed by atoms with Crippen LogP contribution in [0.3, 0.4) is 0 Å². The maximum absolute atomic E-state index is 14.4. The van der Waals surface area contributed by atoms with Crippen molar-refractivity contribution in [2.75, 3.05) is 26.7 Å². The van der Waals surface area contributed by atoms with Crippen molar-refractivity contribution in [1.82, 2.24) is 0 Å². The van der Waals surface area contributed by atoms with Gasteiger partial charge in [-0.25, -0.2) is 4.39 Å². The van der Waals surface area contributed by atoms with Crippen LogP contribution in [0.1, 0.15) is 24.2 Å². The summed E-state index contributed by atoms with van der Waals surface area (Å²) in [7, 11) is -5.55. The molecule has 0 aromatic heterocycles. The molecule has 234 valence electrons. The normalized spacial score (nSPS) is 12.3. The fraction of sp³-hybridized carbons (Fsp3) is 0.226. The van der Waals surface area contributed by atoms with Crippen LogP contribution in [0, 0.1) is 5.82 Å². The standard InChI is InChI=1S/C31H31FO10S2/c1-19(33)23-15-21(11-13-25(23)32)24-17-28(38-2)29(31(30(24)39-3)42-44(5,36)37)22-12-14-26(27(16-22)41-43(4,34)35)40-18-20-9-7-6-8-10-20/h6-17,19,33H,18H2,1-5H3. The first-order chi connectivity index (χ1) is 20.7. The summed E-state index contributed by atoms with van der Waals surface area (Å²) in [5, 5.41) is 10.1. The van der Waals surface area contributed by atoms with Gasteiger partial charge in [-0.2, -0.15) is 16.8 Å². The molecule has 1 atom stereocenters. The number of benzene rings is 4. The van der Waals surface area contributed by atoms with Crippen LogP contribution in [-0.4, -0.2) is 48.7 Å². The Bertz CT molecular complexity index is 1870. The molecule has 0 saturated carbocycles. The minimum Gasteiger partial charge on any atom is -0.496 e. The van der Waals surface area contributed by atoms with Gasteiger partial charge in [-0.1, -0.05) is 42.5 Å². The molecule has 0 spiro atoms. The number of hydrogen-bond acceptors (Lipinski definition) is 10. The first-order valence-corrected chi connectivity index (χ1v) is 16.7. The highest BCUT2D eigenvalue weighted by Crippen LogP contribution is 2.52. The number of hydrogen-bond donors (Lipinski definition) is 1.